The van der Waals surface area contributed by atoms with E-state index >= 15 is 0 Å². The highest BCUT2D eigenvalue weighted by Gasteiger charge is 2.42. The summed E-state index contributed by atoms with van der Waals surface area (Å²) in [7, 11) is 1.89. The van der Waals surface area contributed by atoms with Crippen LogP contribution in [-0.4, -0.2) is 40.9 Å². The number of hydrogen-bond donors (Lipinski definition) is 2. The van der Waals surface area contributed by atoms with Crippen molar-refractivity contribution in [1.29, 1.82) is 0 Å². The van der Waals surface area contributed by atoms with Crippen molar-refractivity contribution in [3.05, 3.63) is 17.5 Å². The minimum atomic E-state index is -0.381. The number of nitrogens with zero attached hydrogens (tertiary/aromatic N) is 2. The molecule has 1 saturated carbocycles. The molecule has 23 heavy (non-hydrogen) atoms. The quantitative estimate of drug-likeness (QED) is 0.883. The highest BCUT2D eigenvalue weighted by atomic mass is 16.7. The fourth-order valence-corrected chi connectivity index (χ4v) is 3.23. The van der Waals surface area contributed by atoms with Crippen LogP contribution in [0.25, 0.3) is 0 Å². The van der Waals surface area contributed by atoms with Crippen LogP contribution >= 0.6 is 0 Å². The molecule has 0 unspecified atom stereocenters. The molecule has 7 heteroatoms. The third-order valence-electron chi connectivity index (χ3n) is 4.80. The lowest BCUT2D eigenvalue weighted by Gasteiger charge is -2.31. The first-order valence-corrected chi connectivity index (χ1v) is 8.39. The Labute approximate surface area is 136 Å². The van der Waals surface area contributed by atoms with Crippen LogP contribution in [-0.2, 0) is 23.1 Å². The molecular weight excluding hydrogens is 296 g/mol. The number of nitrogens with one attached hydrogen (secondary N) is 2. The monoisotopic (exact) mass is 322 g/mol. The molecule has 1 saturated heterocycles. The van der Waals surface area contributed by atoms with Crippen LogP contribution in [0.3, 0.4) is 0 Å². The van der Waals surface area contributed by atoms with Crippen molar-refractivity contribution >= 4 is 6.03 Å². The van der Waals surface area contributed by atoms with Crippen LogP contribution < -0.4 is 10.6 Å². The molecular formula is C16H26N4O3. The van der Waals surface area contributed by atoms with E-state index in [4.69, 9.17) is 9.47 Å². The summed E-state index contributed by atoms with van der Waals surface area (Å²) >= 11 is 0. The third kappa shape index (κ3) is 3.84. The molecule has 2 N–H and O–H groups in total. The fraction of sp³-hybridized carbons (Fsp3) is 0.750. The molecule has 3 rings (SSSR count). The normalized spacial score (nSPS) is 23.1. The van der Waals surface area contributed by atoms with E-state index in [1.807, 2.05) is 14.0 Å². The Balaban J connectivity index is 1.39. The Morgan fingerprint density at radius 3 is 2.87 bits per heavy atom. The average Bonchev–Trinajstić information content (AvgIpc) is 3.09. The maximum absolute atomic E-state index is 11.9. The molecule has 7 nitrogen and oxygen atoms in total. The molecule has 0 bridgehead atoms. The standard InChI is InChI=1S/C16H26N4O3/c1-12-13(9-19-20(12)2)8-17-15(21)18-10-14-11-22-16(23-14)6-4-3-5-7-16/h9,14H,3-8,10-11H2,1-2H3,(H2,17,18,21)/t14-/m1/s1. The first-order valence-electron chi connectivity index (χ1n) is 8.39. The minimum Gasteiger partial charge on any atom is -0.347 e. The van der Waals surface area contributed by atoms with Gasteiger partial charge in [-0.3, -0.25) is 4.68 Å². The number of rotatable bonds is 4. The van der Waals surface area contributed by atoms with Crippen molar-refractivity contribution < 1.29 is 14.3 Å². The average molecular weight is 322 g/mol. The Bertz CT molecular complexity index is 552. The smallest absolute Gasteiger partial charge is 0.315 e. The summed E-state index contributed by atoms with van der Waals surface area (Å²) in [5, 5.41) is 9.87. The second-order valence-corrected chi connectivity index (χ2v) is 6.46. The van der Waals surface area contributed by atoms with E-state index in [0.29, 0.717) is 19.7 Å². The van der Waals surface area contributed by atoms with E-state index in [2.05, 4.69) is 15.7 Å². The number of carbonyl (C=O) groups is 1. The van der Waals surface area contributed by atoms with Crippen LogP contribution in [0.15, 0.2) is 6.20 Å². The van der Waals surface area contributed by atoms with E-state index in [0.717, 1.165) is 36.9 Å². The highest BCUT2D eigenvalue weighted by molar-refractivity contribution is 5.73. The van der Waals surface area contributed by atoms with E-state index in [-0.39, 0.29) is 17.9 Å². The molecule has 0 aromatic carbocycles. The van der Waals surface area contributed by atoms with Crippen LogP contribution in [0.5, 0.6) is 0 Å². The maximum Gasteiger partial charge on any atom is 0.315 e. The Morgan fingerprint density at radius 1 is 1.39 bits per heavy atom. The Hall–Kier alpha value is -1.60. The van der Waals surface area contributed by atoms with Gasteiger partial charge in [-0.1, -0.05) is 6.42 Å². The van der Waals surface area contributed by atoms with Crippen molar-refractivity contribution in [2.24, 2.45) is 7.05 Å². The van der Waals surface area contributed by atoms with Crippen LogP contribution in [0.1, 0.15) is 43.4 Å². The first kappa shape index (κ1) is 16.3. The number of carbonyl (C=O) groups excluding carboxylic acids is 1. The van der Waals surface area contributed by atoms with Gasteiger partial charge in [0, 0.05) is 44.2 Å². The SMILES string of the molecule is Cc1c(CNC(=O)NC[C@@H]2COC3(CCCCC3)O2)cnn1C. The molecule has 2 amide bonds. The topological polar surface area (TPSA) is 77.4 Å². The van der Waals surface area contributed by atoms with Gasteiger partial charge in [0.2, 0.25) is 0 Å². The largest absolute Gasteiger partial charge is 0.347 e. The van der Waals surface area contributed by atoms with Crippen molar-refractivity contribution in [1.82, 2.24) is 20.4 Å². The summed E-state index contributed by atoms with van der Waals surface area (Å²) in [6, 6.07) is -0.193. The number of hydrogen-bond acceptors (Lipinski definition) is 4. The second kappa shape index (κ2) is 6.88. The van der Waals surface area contributed by atoms with Crippen LogP contribution in [0, 0.1) is 6.92 Å². The summed E-state index contributed by atoms with van der Waals surface area (Å²) < 4.78 is 13.7. The number of ether oxygens (including phenoxy) is 2. The Kier molecular flexibility index (Phi) is 4.87. The van der Waals surface area contributed by atoms with Crippen molar-refractivity contribution in [3.8, 4) is 0 Å². The summed E-state index contributed by atoms with van der Waals surface area (Å²) in [6.45, 7) is 3.48. The molecule has 1 aliphatic heterocycles. The molecule has 1 aromatic rings. The zero-order chi connectivity index (χ0) is 16.3. The van der Waals surface area contributed by atoms with Crippen LogP contribution in [0.4, 0.5) is 4.79 Å². The van der Waals surface area contributed by atoms with Gasteiger partial charge in [-0.25, -0.2) is 4.79 Å². The molecule has 128 valence electrons. The third-order valence-corrected chi connectivity index (χ3v) is 4.80. The fourth-order valence-electron chi connectivity index (χ4n) is 3.23. The molecule has 2 fully saturated rings. The lowest BCUT2D eigenvalue weighted by molar-refractivity contribution is -0.186. The number of urea groups is 1. The highest BCUT2D eigenvalue weighted by Crippen LogP contribution is 2.37. The molecule has 1 aliphatic carbocycles. The number of amides is 2. The van der Waals surface area contributed by atoms with E-state index in [1.165, 1.54) is 6.42 Å². The molecule has 1 aromatic heterocycles. The van der Waals surface area contributed by atoms with Gasteiger partial charge in [-0.2, -0.15) is 5.10 Å². The van der Waals surface area contributed by atoms with Gasteiger partial charge in [-0.05, 0) is 19.8 Å². The van der Waals surface area contributed by atoms with Crippen LogP contribution in [0.2, 0.25) is 0 Å². The lowest BCUT2D eigenvalue weighted by atomic mass is 9.94. The first-order chi connectivity index (χ1) is 11.1. The Morgan fingerprint density at radius 2 is 2.17 bits per heavy atom. The molecule has 1 spiro atoms. The summed E-state index contributed by atoms with van der Waals surface area (Å²) in [4.78, 5) is 11.9. The molecule has 0 radical (unpaired) electrons. The second-order valence-electron chi connectivity index (χ2n) is 6.46. The van der Waals surface area contributed by atoms with Gasteiger partial charge in [0.1, 0.15) is 6.10 Å². The van der Waals surface area contributed by atoms with Gasteiger partial charge in [0.25, 0.3) is 0 Å². The van der Waals surface area contributed by atoms with E-state index in [1.54, 1.807) is 10.9 Å². The number of aryl methyl sites for hydroxylation is 1. The van der Waals surface area contributed by atoms with Crippen molar-refractivity contribution in [3.63, 3.8) is 0 Å². The van der Waals surface area contributed by atoms with E-state index in [9.17, 15) is 4.79 Å². The lowest BCUT2D eigenvalue weighted by Crippen LogP contribution is -2.41. The summed E-state index contributed by atoms with van der Waals surface area (Å²) in [5.41, 5.74) is 2.07. The van der Waals surface area contributed by atoms with Gasteiger partial charge >= 0.3 is 6.03 Å². The van der Waals surface area contributed by atoms with E-state index < -0.39 is 0 Å². The number of aromatic nitrogens is 2. The zero-order valence-corrected chi connectivity index (χ0v) is 13.9. The van der Waals surface area contributed by atoms with Crippen molar-refractivity contribution in [2.45, 2.75) is 57.5 Å². The predicted octanol–water partition coefficient (Wildman–Crippen LogP) is 1.60. The zero-order valence-electron chi connectivity index (χ0n) is 13.9. The van der Waals surface area contributed by atoms with Gasteiger partial charge < -0.3 is 20.1 Å². The van der Waals surface area contributed by atoms with Gasteiger partial charge in [-0.15, -0.1) is 0 Å². The molecule has 1 atom stereocenters. The predicted molar refractivity (Wildman–Crippen MR) is 84.8 cm³/mol. The molecule has 2 aliphatic rings. The molecule has 2 heterocycles. The summed E-state index contributed by atoms with van der Waals surface area (Å²) in [5.74, 6) is -0.381. The maximum atomic E-state index is 11.9. The van der Waals surface area contributed by atoms with Gasteiger partial charge in [0.05, 0.1) is 12.8 Å². The van der Waals surface area contributed by atoms with Gasteiger partial charge in [0.15, 0.2) is 5.79 Å². The van der Waals surface area contributed by atoms with Crippen molar-refractivity contribution in [2.75, 3.05) is 13.2 Å². The summed E-state index contributed by atoms with van der Waals surface area (Å²) in [6.07, 6.45) is 7.23. The minimum absolute atomic E-state index is 0.0565.